The minimum atomic E-state index is -0.794. The Bertz CT molecular complexity index is 944. The number of carbonyl (C=O) groups is 2. The van der Waals surface area contributed by atoms with E-state index >= 15 is 0 Å². The van der Waals surface area contributed by atoms with E-state index in [1.807, 2.05) is 0 Å². The SMILES string of the molecule is CC(=O)c1cccc(N/C=C(/C#N)C(=O)Nc2ccccc2[N+](=O)[O-])c1. The quantitative estimate of drug-likeness (QED) is 0.271. The number of ketones is 1. The molecule has 0 unspecified atom stereocenters. The van der Waals surface area contributed by atoms with Gasteiger partial charge in [-0.3, -0.25) is 19.7 Å². The molecule has 2 aromatic carbocycles. The summed E-state index contributed by atoms with van der Waals surface area (Å²) in [6.07, 6.45) is 1.17. The molecule has 0 atom stereocenters. The second kappa shape index (κ2) is 8.21. The van der Waals surface area contributed by atoms with Crippen LogP contribution in [0.15, 0.2) is 60.3 Å². The lowest BCUT2D eigenvalue weighted by Crippen LogP contribution is -2.15. The van der Waals surface area contributed by atoms with E-state index < -0.39 is 10.8 Å². The van der Waals surface area contributed by atoms with Crippen molar-refractivity contribution in [3.8, 4) is 6.07 Å². The Balaban J connectivity index is 2.18. The van der Waals surface area contributed by atoms with Gasteiger partial charge in [0.1, 0.15) is 17.3 Å². The summed E-state index contributed by atoms with van der Waals surface area (Å²) >= 11 is 0. The third-order valence-electron chi connectivity index (χ3n) is 3.37. The van der Waals surface area contributed by atoms with Gasteiger partial charge in [-0.15, -0.1) is 0 Å². The molecule has 26 heavy (non-hydrogen) atoms. The fourth-order valence-electron chi connectivity index (χ4n) is 2.06. The van der Waals surface area contributed by atoms with Crippen LogP contribution in [-0.2, 0) is 4.79 Å². The van der Waals surface area contributed by atoms with Crippen LogP contribution in [0.1, 0.15) is 17.3 Å². The number of nitro groups is 1. The molecule has 130 valence electrons. The number of carbonyl (C=O) groups excluding carboxylic acids is 2. The van der Waals surface area contributed by atoms with Gasteiger partial charge in [0, 0.05) is 23.5 Å². The molecule has 0 radical (unpaired) electrons. The van der Waals surface area contributed by atoms with Crippen molar-refractivity contribution in [3.05, 3.63) is 76.0 Å². The Morgan fingerprint density at radius 2 is 1.92 bits per heavy atom. The molecule has 1 amide bonds. The lowest BCUT2D eigenvalue weighted by Gasteiger charge is -2.06. The Morgan fingerprint density at radius 1 is 1.19 bits per heavy atom. The van der Waals surface area contributed by atoms with Crippen LogP contribution >= 0.6 is 0 Å². The van der Waals surface area contributed by atoms with Gasteiger partial charge in [0.05, 0.1) is 4.92 Å². The maximum absolute atomic E-state index is 12.2. The number of nitrogens with one attached hydrogen (secondary N) is 2. The number of nitriles is 1. The number of anilines is 2. The number of nitro benzene ring substituents is 1. The predicted octanol–water partition coefficient (Wildman–Crippen LogP) is 3.26. The molecule has 0 saturated heterocycles. The summed E-state index contributed by atoms with van der Waals surface area (Å²) < 4.78 is 0. The normalized spacial score (nSPS) is 10.5. The van der Waals surface area contributed by atoms with Gasteiger partial charge < -0.3 is 10.6 Å². The molecular formula is C18H14N4O4. The van der Waals surface area contributed by atoms with Crippen LogP contribution in [-0.4, -0.2) is 16.6 Å². The highest BCUT2D eigenvalue weighted by molar-refractivity contribution is 6.07. The lowest BCUT2D eigenvalue weighted by molar-refractivity contribution is -0.383. The van der Waals surface area contributed by atoms with Gasteiger partial charge in [0.15, 0.2) is 5.78 Å². The minimum Gasteiger partial charge on any atom is -0.360 e. The minimum absolute atomic E-state index is 0.0118. The zero-order chi connectivity index (χ0) is 19.1. The first-order valence-corrected chi connectivity index (χ1v) is 7.45. The van der Waals surface area contributed by atoms with E-state index in [0.717, 1.165) is 0 Å². The monoisotopic (exact) mass is 350 g/mol. The molecule has 0 spiro atoms. The van der Waals surface area contributed by atoms with Gasteiger partial charge in [-0.1, -0.05) is 24.3 Å². The maximum atomic E-state index is 12.2. The number of amides is 1. The van der Waals surface area contributed by atoms with Gasteiger partial charge in [-0.2, -0.15) is 5.26 Å². The Hall–Kier alpha value is -3.99. The van der Waals surface area contributed by atoms with E-state index in [1.165, 1.54) is 37.4 Å². The van der Waals surface area contributed by atoms with Crippen LogP contribution < -0.4 is 10.6 Å². The highest BCUT2D eigenvalue weighted by Gasteiger charge is 2.17. The lowest BCUT2D eigenvalue weighted by atomic mass is 10.1. The van der Waals surface area contributed by atoms with Crippen LogP contribution in [0.5, 0.6) is 0 Å². The van der Waals surface area contributed by atoms with Gasteiger partial charge in [-0.25, -0.2) is 0 Å². The van der Waals surface area contributed by atoms with E-state index in [0.29, 0.717) is 11.3 Å². The van der Waals surface area contributed by atoms with Gasteiger partial charge in [-0.05, 0) is 25.1 Å². The van der Waals surface area contributed by atoms with Crippen molar-refractivity contribution in [3.63, 3.8) is 0 Å². The first-order chi connectivity index (χ1) is 12.4. The zero-order valence-corrected chi connectivity index (χ0v) is 13.7. The molecule has 0 aliphatic rings. The van der Waals surface area contributed by atoms with Crippen molar-refractivity contribution in [1.29, 1.82) is 5.26 Å². The number of nitrogens with zero attached hydrogens (tertiary/aromatic N) is 2. The topological polar surface area (TPSA) is 125 Å². The van der Waals surface area contributed by atoms with E-state index in [2.05, 4.69) is 10.6 Å². The number of hydrogen-bond donors (Lipinski definition) is 2. The number of hydrogen-bond acceptors (Lipinski definition) is 6. The molecule has 0 heterocycles. The first kappa shape index (κ1) is 18.4. The van der Waals surface area contributed by atoms with Crippen LogP contribution in [0.25, 0.3) is 0 Å². The fourth-order valence-corrected chi connectivity index (χ4v) is 2.06. The summed E-state index contributed by atoms with van der Waals surface area (Å²) in [5, 5.41) is 25.2. The molecule has 2 N–H and O–H groups in total. The van der Waals surface area contributed by atoms with Crippen molar-refractivity contribution in [1.82, 2.24) is 0 Å². The highest BCUT2D eigenvalue weighted by atomic mass is 16.6. The predicted molar refractivity (Wildman–Crippen MR) is 95.5 cm³/mol. The molecular weight excluding hydrogens is 336 g/mol. The van der Waals surface area contributed by atoms with Gasteiger partial charge in [0.2, 0.25) is 0 Å². The molecule has 0 aromatic heterocycles. The largest absolute Gasteiger partial charge is 0.360 e. The standard InChI is InChI=1S/C18H14N4O4/c1-12(23)13-5-4-6-15(9-13)20-11-14(10-19)18(24)21-16-7-2-3-8-17(16)22(25)26/h2-9,11,20H,1H3,(H,21,24)/b14-11-. The average Bonchev–Trinajstić information content (AvgIpc) is 2.62. The van der Waals surface area contributed by atoms with Crippen molar-refractivity contribution in [2.75, 3.05) is 10.6 Å². The van der Waals surface area contributed by atoms with E-state index in [-0.39, 0.29) is 22.7 Å². The Labute approximate surface area is 148 Å². The summed E-state index contributed by atoms with van der Waals surface area (Å²) in [6, 6.07) is 13.9. The number of para-hydroxylation sites is 2. The summed E-state index contributed by atoms with van der Waals surface area (Å²) in [5.74, 6) is -0.913. The van der Waals surface area contributed by atoms with Gasteiger partial charge >= 0.3 is 0 Å². The molecule has 0 saturated carbocycles. The first-order valence-electron chi connectivity index (χ1n) is 7.45. The van der Waals surface area contributed by atoms with Crippen LogP contribution in [0, 0.1) is 21.4 Å². The molecule has 0 fully saturated rings. The summed E-state index contributed by atoms with van der Waals surface area (Å²) in [4.78, 5) is 33.9. The van der Waals surface area contributed by atoms with Gasteiger partial charge in [0.25, 0.3) is 11.6 Å². The van der Waals surface area contributed by atoms with Crippen LogP contribution in [0.2, 0.25) is 0 Å². The van der Waals surface area contributed by atoms with Crippen LogP contribution in [0.4, 0.5) is 17.1 Å². The number of rotatable bonds is 6. The molecule has 2 aromatic rings. The average molecular weight is 350 g/mol. The number of benzene rings is 2. The third-order valence-corrected chi connectivity index (χ3v) is 3.37. The molecule has 0 bridgehead atoms. The van der Waals surface area contributed by atoms with E-state index in [1.54, 1.807) is 30.3 Å². The third kappa shape index (κ3) is 4.52. The van der Waals surface area contributed by atoms with Crippen LogP contribution in [0.3, 0.4) is 0 Å². The zero-order valence-electron chi connectivity index (χ0n) is 13.7. The summed E-state index contributed by atoms with van der Waals surface area (Å²) in [7, 11) is 0. The Kier molecular flexibility index (Phi) is 5.79. The molecule has 0 aliphatic heterocycles. The molecule has 8 heteroatoms. The maximum Gasteiger partial charge on any atom is 0.292 e. The van der Waals surface area contributed by atoms with Crippen molar-refractivity contribution >= 4 is 28.8 Å². The number of Topliss-reactive ketones (excluding diaryl/α,β-unsaturated/α-hetero) is 1. The van der Waals surface area contributed by atoms with E-state index in [4.69, 9.17) is 5.26 Å². The second-order valence-electron chi connectivity index (χ2n) is 5.18. The summed E-state index contributed by atoms with van der Waals surface area (Å²) in [5.41, 5.74) is 0.425. The Morgan fingerprint density at radius 3 is 2.58 bits per heavy atom. The second-order valence-corrected chi connectivity index (χ2v) is 5.18. The fraction of sp³-hybridized carbons (Fsp3) is 0.0556. The molecule has 0 aliphatic carbocycles. The van der Waals surface area contributed by atoms with Crippen molar-refractivity contribution < 1.29 is 14.5 Å². The highest BCUT2D eigenvalue weighted by Crippen LogP contribution is 2.23. The van der Waals surface area contributed by atoms with Crippen molar-refractivity contribution in [2.24, 2.45) is 0 Å². The summed E-state index contributed by atoms with van der Waals surface area (Å²) in [6.45, 7) is 1.43. The van der Waals surface area contributed by atoms with E-state index in [9.17, 15) is 19.7 Å². The molecule has 8 nitrogen and oxygen atoms in total. The smallest absolute Gasteiger partial charge is 0.292 e. The molecule has 2 rings (SSSR count). The van der Waals surface area contributed by atoms with Crippen molar-refractivity contribution in [2.45, 2.75) is 6.92 Å².